The molecule has 0 amide bonds. The van der Waals surface area contributed by atoms with E-state index in [1.165, 1.54) is 0 Å². The summed E-state index contributed by atoms with van der Waals surface area (Å²) in [5.41, 5.74) is 5.58. The fourth-order valence-electron chi connectivity index (χ4n) is 4.36. The van der Waals surface area contributed by atoms with E-state index in [1.54, 1.807) is 13.4 Å². The van der Waals surface area contributed by atoms with Gasteiger partial charge >= 0.3 is 0 Å². The lowest BCUT2D eigenvalue weighted by atomic mass is 10.0. The molecule has 0 atom stereocenters. The molecule has 5 rings (SSSR count). The maximum atomic E-state index is 13.6. The molecule has 0 aliphatic carbocycles. The summed E-state index contributed by atoms with van der Waals surface area (Å²) in [6.07, 6.45) is 3.43. The summed E-state index contributed by atoms with van der Waals surface area (Å²) in [6, 6.07) is 12.1. The van der Waals surface area contributed by atoms with Crippen LogP contribution in [0.4, 0.5) is 14.7 Å². The van der Waals surface area contributed by atoms with Crippen molar-refractivity contribution < 1.29 is 13.5 Å². The highest BCUT2D eigenvalue weighted by atomic mass is 19.3. The van der Waals surface area contributed by atoms with Gasteiger partial charge < -0.3 is 18.8 Å². The van der Waals surface area contributed by atoms with Crippen LogP contribution in [0.3, 0.4) is 0 Å². The van der Waals surface area contributed by atoms with Crippen molar-refractivity contribution in [2.75, 3.05) is 25.1 Å². The van der Waals surface area contributed by atoms with Crippen LogP contribution in [-0.2, 0) is 7.05 Å². The number of methoxy groups -OCH3 is 1. The lowest BCUT2D eigenvalue weighted by Gasteiger charge is -2.32. The second-order valence-electron chi connectivity index (χ2n) is 8.30. The number of para-hydroxylation sites is 1. The Morgan fingerprint density at radius 1 is 1.09 bits per heavy atom. The van der Waals surface area contributed by atoms with Crippen LogP contribution >= 0.6 is 0 Å². The summed E-state index contributed by atoms with van der Waals surface area (Å²) >= 11 is 0. The zero-order valence-corrected chi connectivity index (χ0v) is 18.3. The Balaban J connectivity index is 1.56. The molecule has 0 saturated carbocycles. The standard InChI is InChI=1S/C24H25F2N5O/c1-16-14-31(15-27-16)19-8-7-17(13-21(19)32-3)18-5-4-6-20-22(18)28-23(29(20)2)30-11-9-24(25,26)10-12-30/h4-8,13-15H,9-12H2,1-3H3. The first-order valence-electron chi connectivity index (χ1n) is 10.6. The fourth-order valence-corrected chi connectivity index (χ4v) is 4.36. The van der Waals surface area contributed by atoms with E-state index in [0.29, 0.717) is 13.1 Å². The third kappa shape index (κ3) is 3.49. The van der Waals surface area contributed by atoms with E-state index in [1.807, 2.05) is 70.6 Å². The van der Waals surface area contributed by atoms with Gasteiger partial charge in [0.2, 0.25) is 5.95 Å². The van der Waals surface area contributed by atoms with E-state index in [-0.39, 0.29) is 12.8 Å². The summed E-state index contributed by atoms with van der Waals surface area (Å²) in [4.78, 5) is 11.1. The molecule has 0 radical (unpaired) electrons. The van der Waals surface area contributed by atoms with Crippen LogP contribution in [0.2, 0.25) is 0 Å². The number of ether oxygens (including phenoxy) is 1. The molecule has 1 fully saturated rings. The number of anilines is 1. The highest BCUT2D eigenvalue weighted by molar-refractivity contribution is 5.94. The van der Waals surface area contributed by atoms with Gasteiger partial charge in [0.05, 0.1) is 35.9 Å². The molecule has 2 aromatic carbocycles. The molecular formula is C24H25F2N5O. The van der Waals surface area contributed by atoms with Crippen LogP contribution in [0.25, 0.3) is 27.8 Å². The van der Waals surface area contributed by atoms with Crippen LogP contribution in [0.1, 0.15) is 18.5 Å². The lowest BCUT2D eigenvalue weighted by Crippen LogP contribution is -2.40. The van der Waals surface area contributed by atoms with Crippen molar-refractivity contribution in [3.8, 4) is 22.6 Å². The Kier molecular flexibility index (Phi) is 4.87. The fraction of sp³-hybridized carbons (Fsp3) is 0.333. The van der Waals surface area contributed by atoms with Gasteiger partial charge in [-0.3, -0.25) is 0 Å². The molecule has 32 heavy (non-hydrogen) atoms. The van der Waals surface area contributed by atoms with Crippen LogP contribution in [0.5, 0.6) is 5.75 Å². The molecule has 0 N–H and O–H groups in total. The molecule has 6 nitrogen and oxygen atoms in total. The number of alkyl halides is 2. The van der Waals surface area contributed by atoms with Crippen LogP contribution in [0, 0.1) is 6.92 Å². The number of piperidine rings is 1. The first-order chi connectivity index (χ1) is 15.4. The summed E-state index contributed by atoms with van der Waals surface area (Å²) in [6.45, 7) is 2.54. The second kappa shape index (κ2) is 7.62. The topological polar surface area (TPSA) is 48.1 Å². The second-order valence-corrected chi connectivity index (χ2v) is 8.30. The molecular weight excluding hydrogens is 412 g/mol. The lowest BCUT2D eigenvalue weighted by molar-refractivity contribution is -0.0223. The number of imidazole rings is 2. The van der Waals surface area contributed by atoms with Gasteiger partial charge in [0.25, 0.3) is 5.92 Å². The minimum Gasteiger partial charge on any atom is -0.495 e. The highest BCUT2D eigenvalue weighted by Gasteiger charge is 2.35. The summed E-state index contributed by atoms with van der Waals surface area (Å²) in [7, 11) is 3.59. The van der Waals surface area contributed by atoms with Crippen molar-refractivity contribution in [3.63, 3.8) is 0 Å². The van der Waals surface area contributed by atoms with E-state index in [0.717, 1.165) is 45.2 Å². The maximum absolute atomic E-state index is 13.6. The van der Waals surface area contributed by atoms with E-state index >= 15 is 0 Å². The number of halogens is 2. The van der Waals surface area contributed by atoms with Crippen molar-refractivity contribution in [2.24, 2.45) is 7.05 Å². The molecule has 2 aromatic heterocycles. The van der Waals surface area contributed by atoms with Gasteiger partial charge in [-0.2, -0.15) is 0 Å². The van der Waals surface area contributed by atoms with E-state index < -0.39 is 5.92 Å². The summed E-state index contributed by atoms with van der Waals surface area (Å²) < 4.78 is 36.9. The summed E-state index contributed by atoms with van der Waals surface area (Å²) in [5.74, 6) is -1.13. The molecule has 0 spiro atoms. The quantitative estimate of drug-likeness (QED) is 0.452. The summed E-state index contributed by atoms with van der Waals surface area (Å²) in [5, 5.41) is 0. The smallest absolute Gasteiger partial charge is 0.251 e. The third-order valence-electron chi connectivity index (χ3n) is 6.15. The Morgan fingerprint density at radius 2 is 1.88 bits per heavy atom. The number of hydrogen-bond acceptors (Lipinski definition) is 4. The SMILES string of the molecule is COc1cc(-c2cccc3c2nc(N2CCC(F)(F)CC2)n3C)ccc1-n1cnc(C)c1. The normalized spacial score (nSPS) is 16.0. The van der Waals surface area contributed by atoms with E-state index in [2.05, 4.69) is 4.98 Å². The van der Waals surface area contributed by atoms with Crippen LogP contribution in [-0.4, -0.2) is 45.2 Å². The van der Waals surface area contributed by atoms with Gasteiger partial charge in [-0.25, -0.2) is 18.7 Å². The molecule has 0 bridgehead atoms. The average Bonchev–Trinajstić information content (AvgIpc) is 3.37. The molecule has 8 heteroatoms. The molecule has 1 saturated heterocycles. The van der Waals surface area contributed by atoms with E-state index in [9.17, 15) is 8.78 Å². The number of fused-ring (bicyclic) bond motifs is 1. The molecule has 166 valence electrons. The van der Waals surface area contributed by atoms with Crippen LogP contribution < -0.4 is 9.64 Å². The zero-order valence-electron chi connectivity index (χ0n) is 18.3. The van der Waals surface area contributed by atoms with Crippen molar-refractivity contribution >= 4 is 17.0 Å². The van der Waals surface area contributed by atoms with Gasteiger partial charge in [-0.15, -0.1) is 0 Å². The van der Waals surface area contributed by atoms with Gasteiger partial charge in [0.15, 0.2) is 0 Å². The number of benzene rings is 2. The predicted octanol–water partition coefficient (Wildman–Crippen LogP) is 4.98. The molecule has 3 heterocycles. The van der Waals surface area contributed by atoms with Gasteiger partial charge in [-0.05, 0) is 30.7 Å². The average molecular weight is 437 g/mol. The van der Waals surface area contributed by atoms with Crippen LogP contribution in [0.15, 0.2) is 48.9 Å². The minimum atomic E-state index is -2.58. The molecule has 1 aliphatic heterocycles. The largest absolute Gasteiger partial charge is 0.495 e. The van der Waals surface area contributed by atoms with Gasteiger partial charge in [-0.1, -0.05) is 18.2 Å². The number of aryl methyl sites for hydroxylation is 2. The van der Waals surface area contributed by atoms with Gasteiger partial charge in [0.1, 0.15) is 5.75 Å². The maximum Gasteiger partial charge on any atom is 0.251 e. The Hall–Kier alpha value is -3.42. The minimum absolute atomic E-state index is 0.143. The van der Waals surface area contributed by atoms with Gasteiger partial charge in [0, 0.05) is 44.7 Å². The predicted molar refractivity (Wildman–Crippen MR) is 121 cm³/mol. The zero-order chi connectivity index (χ0) is 22.5. The van der Waals surface area contributed by atoms with Crippen molar-refractivity contribution in [1.82, 2.24) is 19.1 Å². The van der Waals surface area contributed by atoms with Crippen molar-refractivity contribution in [2.45, 2.75) is 25.7 Å². The Morgan fingerprint density at radius 3 is 2.56 bits per heavy atom. The Bertz CT molecular complexity index is 1280. The number of aromatic nitrogens is 4. The molecule has 0 unspecified atom stereocenters. The molecule has 4 aromatic rings. The number of rotatable bonds is 4. The third-order valence-corrected chi connectivity index (χ3v) is 6.15. The highest BCUT2D eigenvalue weighted by Crippen LogP contribution is 2.36. The number of nitrogens with zero attached hydrogens (tertiary/aromatic N) is 5. The van der Waals surface area contributed by atoms with E-state index in [4.69, 9.17) is 9.72 Å². The monoisotopic (exact) mass is 437 g/mol. The first-order valence-corrected chi connectivity index (χ1v) is 10.6. The van der Waals surface area contributed by atoms with Crippen molar-refractivity contribution in [3.05, 3.63) is 54.6 Å². The van der Waals surface area contributed by atoms with Crippen molar-refractivity contribution in [1.29, 1.82) is 0 Å². The first kappa shape index (κ1) is 20.5. The Labute approximate surface area is 185 Å². The molecule has 1 aliphatic rings. The number of hydrogen-bond donors (Lipinski definition) is 0.